The highest BCUT2D eigenvalue weighted by Gasteiger charge is 2.27. The molecule has 10 nitrogen and oxygen atoms in total. The van der Waals surface area contributed by atoms with Crippen LogP contribution in [0, 0.1) is 0 Å². The molecule has 0 bridgehead atoms. The van der Waals surface area contributed by atoms with Crippen molar-refractivity contribution >= 4 is 22.8 Å². The van der Waals surface area contributed by atoms with Crippen LogP contribution in [0.3, 0.4) is 0 Å². The van der Waals surface area contributed by atoms with Gasteiger partial charge in [0.2, 0.25) is 5.95 Å². The molecule has 2 aliphatic heterocycles. The number of unbranched alkanes of at least 4 members (excludes halogenated alkanes) is 1. The molecule has 0 spiro atoms. The van der Waals surface area contributed by atoms with E-state index in [0.717, 1.165) is 98.9 Å². The Kier molecular flexibility index (Phi) is 8.38. The van der Waals surface area contributed by atoms with Crippen molar-refractivity contribution in [2.75, 3.05) is 51.1 Å². The van der Waals surface area contributed by atoms with Gasteiger partial charge in [-0.25, -0.2) is 4.98 Å². The number of nitrogens with one attached hydrogen (secondary N) is 2. The van der Waals surface area contributed by atoms with Crippen LogP contribution in [0.1, 0.15) is 61.8 Å². The SMILES string of the molecule is CCCCNc1nc(N)nc2c(C3CCOC3)nn(Cc3ccc(CNC4CCOCC4)cc3OC)c12. The van der Waals surface area contributed by atoms with E-state index in [1.807, 2.05) is 4.68 Å². The van der Waals surface area contributed by atoms with Gasteiger partial charge in [0.05, 0.1) is 26.0 Å². The summed E-state index contributed by atoms with van der Waals surface area (Å²) < 4.78 is 19.0. The number of nitrogen functional groups attached to an aromatic ring is 1. The van der Waals surface area contributed by atoms with Gasteiger partial charge in [-0.1, -0.05) is 25.5 Å². The van der Waals surface area contributed by atoms with Crippen LogP contribution in [0.15, 0.2) is 18.2 Å². The van der Waals surface area contributed by atoms with Crippen molar-refractivity contribution in [2.45, 2.75) is 64.1 Å². The first-order valence-electron chi connectivity index (χ1n) is 13.5. The number of nitrogens with zero attached hydrogens (tertiary/aromatic N) is 4. The number of ether oxygens (including phenoxy) is 3. The molecule has 0 aliphatic carbocycles. The lowest BCUT2D eigenvalue weighted by molar-refractivity contribution is 0.0776. The monoisotopic (exact) mass is 509 g/mol. The molecule has 2 aliphatic rings. The maximum absolute atomic E-state index is 6.14. The molecule has 37 heavy (non-hydrogen) atoms. The Morgan fingerprint density at radius 3 is 2.73 bits per heavy atom. The van der Waals surface area contributed by atoms with Gasteiger partial charge in [0.25, 0.3) is 0 Å². The molecule has 2 saturated heterocycles. The zero-order valence-electron chi connectivity index (χ0n) is 22.0. The van der Waals surface area contributed by atoms with Gasteiger partial charge in [-0.15, -0.1) is 0 Å². The van der Waals surface area contributed by atoms with Crippen LogP contribution in [-0.4, -0.2) is 65.9 Å². The van der Waals surface area contributed by atoms with Crippen LogP contribution in [0.2, 0.25) is 0 Å². The molecule has 0 amide bonds. The lowest BCUT2D eigenvalue weighted by Gasteiger charge is -2.23. The topological polar surface area (TPSA) is 121 Å². The fourth-order valence-corrected chi connectivity index (χ4v) is 5.12. The molecule has 1 atom stereocenters. The molecule has 3 aromatic rings. The largest absolute Gasteiger partial charge is 0.496 e. The first kappa shape index (κ1) is 25.7. The third kappa shape index (κ3) is 5.97. The second kappa shape index (κ2) is 12.1. The Bertz CT molecular complexity index is 1190. The number of methoxy groups -OCH3 is 1. The van der Waals surface area contributed by atoms with E-state index in [1.54, 1.807) is 7.11 Å². The first-order valence-corrected chi connectivity index (χ1v) is 13.5. The maximum Gasteiger partial charge on any atom is 0.222 e. The summed E-state index contributed by atoms with van der Waals surface area (Å²) in [4.78, 5) is 9.19. The summed E-state index contributed by atoms with van der Waals surface area (Å²) >= 11 is 0. The Morgan fingerprint density at radius 1 is 1.14 bits per heavy atom. The number of benzene rings is 1. The first-order chi connectivity index (χ1) is 18.2. The summed E-state index contributed by atoms with van der Waals surface area (Å²) in [5, 5.41) is 12.2. The van der Waals surface area contributed by atoms with E-state index in [2.05, 4.69) is 45.7 Å². The summed E-state index contributed by atoms with van der Waals surface area (Å²) in [5.74, 6) is 2.02. The van der Waals surface area contributed by atoms with Gasteiger partial charge in [-0.05, 0) is 37.3 Å². The van der Waals surface area contributed by atoms with Crippen molar-refractivity contribution in [2.24, 2.45) is 0 Å². The minimum Gasteiger partial charge on any atom is -0.496 e. The molecule has 4 heterocycles. The fourth-order valence-electron chi connectivity index (χ4n) is 5.12. The highest BCUT2D eigenvalue weighted by Crippen LogP contribution is 2.34. The average molecular weight is 510 g/mol. The quantitative estimate of drug-likeness (QED) is 0.334. The number of fused-ring (bicyclic) bond motifs is 1. The molecule has 1 aromatic carbocycles. The molecule has 2 aromatic heterocycles. The molecule has 2 fully saturated rings. The molecule has 4 N–H and O–H groups in total. The smallest absolute Gasteiger partial charge is 0.222 e. The summed E-state index contributed by atoms with van der Waals surface area (Å²) in [6.07, 6.45) is 5.16. The van der Waals surface area contributed by atoms with Crippen molar-refractivity contribution in [1.82, 2.24) is 25.1 Å². The van der Waals surface area contributed by atoms with E-state index in [1.165, 1.54) is 5.56 Å². The van der Waals surface area contributed by atoms with Crippen LogP contribution in [-0.2, 0) is 22.6 Å². The van der Waals surface area contributed by atoms with Gasteiger partial charge >= 0.3 is 0 Å². The Hall–Kier alpha value is -2.95. The Balaban J connectivity index is 1.44. The molecule has 0 saturated carbocycles. The van der Waals surface area contributed by atoms with Crippen molar-refractivity contribution in [3.8, 4) is 5.75 Å². The lowest BCUT2D eigenvalue weighted by Crippen LogP contribution is -2.34. The molecule has 1 unspecified atom stereocenters. The highest BCUT2D eigenvalue weighted by atomic mass is 16.5. The van der Waals surface area contributed by atoms with Crippen molar-refractivity contribution in [3.63, 3.8) is 0 Å². The van der Waals surface area contributed by atoms with E-state index in [9.17, 15) is 0 Å². The molecule has 5 rings (SSSR count). The summed E-state index contributed by atoms with van der Waals surface area (Å²) in [5.41, 5.74) is 11.0. The van der Waals surface area contributed by atoms with E-state index >= 15 is 0 Å². The number of hydrogen-bond donors (Lipinski definition) is 3. The van der Waals surface area contributed by atoms with Gasteiger partial charge in [-0.3, -0.25) is 4.68 Å². The van der Waals surface area contributed by atoms with Gasteiger partial charge in [0.1, 0.15) is 16.8 Å². The number of anilines is 2. The lowest BCUT2D eigenvalue weighted by atomic mass is 10.0. The van der Waals surface area contributed by atoms with E-state index in [0.29, 0.717) is 19.2 Å². The second-order valence-corrected chi connectivity index (χ2v) is 9.93. The molecule has 200 valence electrons. The number of rotatable bonds is 11. The second-order valence-electron chi connectivity index (χ2n) is 9.93. The highest BCUT2D eigenvalue weighted by molar-refractivity contribution is 5.89. The van der Waals surface area contributed by atoms with Crippen LogP contribution >= 0.6 is 0 Å². The predicted molar refractivity (Wildman–Crippen MR) is 144 cm³/mol. The number of nitrogens with two attached hydrogens (primary N) is 1. The summed E-state index contributed by atoms with van der Waals surface area (Å²) in [6.45, 7) is 7.36. The molecular weight excluding hydrogens is 470 g/mol. The van der Waals surface area contributed by atoms with E-state index in [4.69, 9.17) is 25.0 Å². The predicted octanol–water partition coefficient (Wildman–Crippen LogP) is 3.45. The van der Waals surface area contributed by atoms with Gasteiger partial charge in [-0.2, -0.15) is 10.1 Å². The molecule has 10 heteroatoms. The zero-order chi connectivity index (χ0) is 25.6. The van der Waals surface area contributed by atoms with Gasteiger partial charge in [0.15, 0.2) is 5.82 Å². The molecular formula is C27H39N7O3. The van der Waals surface area contributed by atoms with Crippen molar-refractivity contribution < 1.29 is 14.2 Å². The summed E-state index contributed by atoms with van der Waals surface area (Å²) in [7, 11) is 1.72. The standard InChI is InChI=1S/C27H39N7O3/c1-3-4-10-29-26-25-24(31-27(28)32-26)23(20-7-11-37-17-20)33-34(25)16-19-6-5-18(14-22(19)35-2)15-30-21-8-12-36-13-9-21/h5-6,14,20-21,30H,3-4,7-13,15-17H2,1-2H3,(H3,28,29,31,32). The number of hydrogen-bond acceptors (Lipinski definition) is 9. The Labute approximate surface area is 218 Å². The maximum atomic E-state index is 6.14. The van der Waals surface area contributed by atoms with Crippen molar-refractivity contribution in [1.29, 1.82) is 0 Å². The summed E-state index contributed by atoms with van der Waals surface area (Å²) in [6, 6.07) is 6.91. The van der Waals surface area contributed by atoms with Crippen molar-refractivity contribution in [3.05, 3.63) is 35.0 Å². The minimum absolute atomic E-state index is 0.196. The number of aromatic nitrogens is 4. The normalized spacial score (nSPS) is 18.5. The average Bonchev–Trinajstić information content (AvgIpc) is 3.57. The third-order valence-electron chi connectivity index (χ3n) is 7.26. The molecule has 0 radical (unpaired) electrons. The fraction of sp³-hybridized carbons (Fsp3) is 0.593. The van der Waals surface area contributed by atoms with Gasteiger partial charge < -0.3 is 30.6 Å². The van der Waals surface area contributed by atoms with Gasteiger partial charge in [0, 0.05) is 50.4 Å². The van der Waals surface area contributed by atoms with Crippen LogP contribution in [0.4, 0.5) is 11.8 Å². The van der Waals surface area contributed by atoms with Crippen LogP contribution in [0.5, 0.6) is 5.75 Å². The zero-order valence-corrected chi connectivity index (χ0v) is 22.0. The minimum atomic E-state index is 0.196. The van der Waals surface area contributed by atoms with E-state index < -0.39 is 0 Å². The third-order valence-corrected chi connectivity index (χ3v) is 7.26. The Morgan fingerprint density at radius 2 is 1.97 bits per heavy atom. The van der Waals surface area contributed by atoms with Crippen LogP contribution < -0.4 is 21.1 Å². The van der Waals surface area contributed by atoms with Crippen LogP contribution in [0.25, 0.3) is 11.0 Å². The van der Waals surface area contributed by atoms with E-state index in [-0.39, 0.29) is 11.9 Å².